The number of hydrogen-bond acceptors (Lipinski definition) is 4. The highest BCUT2D eigenvalue weighted by Crippen LogP contribution is 2.35. The van der Waals surface area contributed by atoms with Gasteiger partial charge in [-0.2, -0.15) is 0 Å². The minimum atomic E-state index is -0.221. The van der Waals surface area contributed by atoms with Gasteiger partial charge in [0.05, 0.1) is 5.25 Å². The Morgan fingerprint density at radius 3 is 2.53 bits per heavy atom. The first-order chi connectivity index (χ1) is 8.99. The summed E-state index contributed by atoms with van der Waals surface area (Å²) in [7, 11) is 1.69. The van der Waals surface area contributed by atoms with E-state index in [1.54, 1.807) is 7.05 Å². The molecule has 3 N–H and O–H groups in total. The Kier molecular flexibility index (Phi) is 4.49. The molecule has 2 atom stereocenters. The first-order valence-electron chi connectivity index (χ1n) is 5.78. The molecule has 0 aliphatic carbocycles. The quantitative estimate of drug-likeness (QED) is 0.833. The van der Waals surface area contributed by atoms with Gasteiger partial charge in [-0.25, -0.2) is 9.89 Å². The van der Waals surface area contributed by atoms with E-state index in [0.717, 1.165) is 10.0 Å². The molecule has 0 saturated heterocycles. The lowest BCUT2D eigenvalue weighted by Crippen LogP contribution is -2.23. The second-order valence-electron chi connectivity index (χ2n) is 4.32. The highest BCUT2D eigenvalue weighted by Gasteiger charge is 2.20. The summed E-state index contributed by atoms with van der Waals surface area (Å²) in [6, 6.07) is 7.95. The van der Waals surface area contributed by atoms with Crippen molar-refractivity contribution in [1.82, 2.24) is 14.8 Å². The van der Waals surface area contributed by atoms with Crippen LogP contribution in [0.15, 0.2) is 38.7 Å². The molecule has 0 amide bonds. The van der Waals surface area contributed by atoms with Gasteiger partial charge in [-0.15, -0.1) is 5.10 Å². The van der Waals surface area contributed by atoms with E-state index in [9.17, 15) is 4.79 Å². The van der Waals surface area contributed by atoms with Crippen molar-refractivity contribution in [3.05, 3.63) is 44.8 Å². The normalized spacial score (nSPS) is 14.3. The summed E-state index contributed by atoms with van der Waals surface area (Å²) in [5.41, 5.74) is 6.94. The molecule has 0 spiro atoms. The molecular weight excluding hydrogens is 328 g/mol. The number of rotatable bonds is 4. The Labute approximate surface area is 123 Å². The summed E-state index contributed by atoms with van der Waals surface area (Å²) in [4.78, 5) is 11.4. The number of nitrogens with one attached hydrogen (secondary N) is 1. The molecule has 1 aromatic heterocycles. The van der Waals surface area contributed by atoms with Crippen LogP contribution in [0, 0.1) is 0 Å². The Morgan fingerprint density at radius 1 is 1.42 bits per heavy atom. The minimum Gasteiger partial charge on any atom is -0.327 e. The Balaban J connectivity index is 2.29. The van der Waals surface area contributed by atoms with Gasteiger partial charge < -0.3 is 5.73 Å². The minimum absolute atomic E-state index is 0.0435. The van der Waals surface area contributed by atoms with Gasteiger partial charge in [-0.1, -0.05) is 39.8 Å². The van der Waals surface area contributed by atoms with Gasteiger partial charge in [-0.3, -0.25) is 4.57 Å². The van der Waals surface area contributed by atoms with Crippen LogP contribution in [0.4, 0.5) is 0 Å². The fraction of sp³-hybridized carbons (Fsp3) is 0.333. The van der Waals surface area contributed by atoms with Gasteiger partial charge >= 0.3 is 5.69 Å². The molecular formula is C12H15BrN4OS. The summed E-state index contributed by atoms with van der Waals surface area (Å²) in [5.74, 6) is 0. The van der Waals surface area contributed by atoms with E-state index in [2.05, 4.69) is 26.1 Å². The molecule has 0 fully saturated rings. The van der Waals surface area contributed by atoms with Crippen molar-refractivity contribution in [3.8, 4) is 0 Å². The fourth-order valence-electron chi connectivity index (χ4n) is 1.68. The Morgan fingerprint density at radius 2 is 2.05 bits per heavy atom. The number of halogens is 1. The molecule has 2 unspecified atom stereocenters. The molecule has 1 heterocycles. The van der Waals surface area contributed by atoms with E-state index in [1.165, 1.54) is 16.3 Å². The van der Waals surface area contributed by atoms with Gasteiger partial charge in [0.2, 0.25) is 0 Å². The summed E-state index contributed by atoms with van der Waals surface area (Å²) in [5, 5.41) is 7.11. The highest BCUT2D eigenvalue weighted by molar-refractivity contribution is 9.10. The summed E-state index contributed by atoms with van der Waals surface area (Å²) < 4.78 is 2.51. The third-order valence-corrected chi connectivity index (χ3v) is 4.81. The summed E-state index contributed by atoms with van der Waals surface area (Å²) >= 11 is 4.90. The lowest BCUT2D eigenvalue weighted by atomic mass is 10.1. The molecule has 5 nitrogen and oxygen atoms in total. The van der Waals surface area contributed by atoms with Crippen molar-refractivity contribution < 1.29 is 0 Å². The van der Waals surface area contributed by atoms with Crippen LogP contribution in [0.2, 0.25) is 0 Å². The van der Waals surface area contributed by atoms with Crippen molar-refractivity contribution in [1.29, 1.82) is 0 Å². The van der Waals surface area contributed by atoms with Gasteiger partial charge in [0.1, 0.15) is 0 Å². The second-order valence-corrected chi connectivity index (χ2v) is 6.34. The van der Waals surface area contributed by atoms with E-state index in [-0.39, 0.29) is 17.0 Å². The number of hydrogen-bond donors (Lipinski definition) is 2. The third-order valence-electron chi connectivity index (χ3n) is 2.75. The molecule has 2 aromatic rings. The van der Waals surface area contributed by atoms with Crippen molar-refractivity contribution in [2.45, 2.75) is 23.4 Å². The number of aromatic nitrogens is 3. The zero-order chi connectivity index (χ0) is 14.0. The topological polar surface area (TPSA) is 76.7 Å². The first-order valence-corrected chi connectivity index (χ1v) is 7.45. The summed E-state index contributed by atoms with van der Waals surface area (Å²) in [6.45, 7) is 1.95. The van der Waals surface area contributed by atoms with Crippen LogP contribution >= 0.6 is 27.7 Å². The Bertz CT molecular complexity index is 605. The fourth-order valence-corrected chi connectivity index (χ4v) is 3.02. The smallest absolute Gasteiger partial charge is 0.327 e. The molecule has 7 heteroatoms. The molecule has 0 aliphatic heterocycles. The molecule has 0 bridgehead atoms. The van der Waals surface area contributed by atoms with Crippen LogP contribution in [0.1, 0.15) is 17.7 Å². The number of nitrogens with zero attached hydrogens (tertiary/aromatic N) is 2. The molecule has 0 saturated carbocycles. The maximum atomic E-state index is 11.4. The zero-order valence-electron chi connectivity index (χ0n) is 10.6. The third kappa shape index (κ3) is 3.29. The van der Waals surface area contributed by atoms with E-state index >= 15 is 0 Å². The van der Waals surface area contributed by atoms with Crippen molar-refractivity contribution in [3.63, 3.8) is 0 Å². The van der Waals surface area contributed by atoms with Crippen LogP contribution < -0.4 is 11.4 Å². The van der Waals surface area contributed by atoms with Gasteiger partial charge in [0.25, 0.3) is 0 Å². The van der Waals surface area contributed by atoms with Crippen molar-refractivity contribution in [2.75, 3.05) is 0 Å². The van der Waals surface area contributed by atoms with Crippen molar-refractivity contribution in [2.24, 2.45) is 12.8 Å². The Hall–Kier alpha value is -1.05. The second kappa shape index (κ2) is 5.94. The van der Waals surface area contributed by atoms with Crippen LogP contribution in [0.3, 0.4) is 0 Å². The van der Waals surface area contributed by atoms with Crippen LogP contribution in [-0.2, 0) is 7.05 Å². The van der Waals surface area contributed by atoms with Crippen molar-refractivity contribution >= 4 is 27.7 Å². The van der Waals surface area contributed by atoms with Gasteiger partial charge in [0.15, 0.2) is 5.16 Å². The predicted molar refractivity (Wildman–Crippen MR) is 80.2 cm³/mol. The van der Waals surface area contributed by atoms with Crippen LogP contribution in [-0.4, -0.2) is 20.8 Å². The molecule has 102 valence electrons. The molecule has 0 radical (unpaired) electrons. The average molecular weight is 343 g/mol. The standard InChI is InChI=1S/C12H15BrN4OS/c1-7(14)10(8-3-5-9(13)6-4-8)19-12-16-15-11(18)17(12)2/h3-7,10H,14H2,1-2H3,(H,15,18). The highest BCUT2D eigenvalue weighted by atomic mass is 79.9. The van der Waals surface area contributed by atoms with Crippen LogP contribution in [0.25, 0.3) is 0 Å². The van der Waals surface area contributed by atoms with E-state index in [4.69, 9.17) is 5.73 Å². The van der Waals surface area contributed by atoms with E-state index < -0.39 is 0 Å². The SMILES string of the molecule is CC(N)C(Sc1n[nH]c(=O)n1C)c1ccc(Br)cc1. The lowest BCUT2D eigenvalue weighted by molar-refractivity contribution is 0.706. The monoisotopic (exact) mass is 342 g/mol. The van der Waals surface area contributed by atoms with Gasteiger partial charge in [0, 0.05) is 17.6 Å². The molecule has 19 heavy (non-hydrogen) atoms. The van der Waals surface area contributed by atoms with E-state index in [0.29, 0.717) is 5.16 Å². The zero-order valence-corrected chi connectivity index (χ0v) is 13.0. The molecule has 1 aromatic carbocycles. The average Bonchev–Trinajstić information content (AvgIpc) is 2.68. The number of thioether (sulfide) groups is 1. The number of H-pyrrole nitrogens is 1. The molecule has 0 aliphatic rings. The van der Waals surface area contributed by atoms with Crippen LogP contribution in [0.5, 0.6) is 0 Å². The number of nitrogens with two attached hydrogens (primary N) is 1. The van der Waals surface area contributed by atoms with E-state index in [1.807, 2.05) is 31.2 Å². The number of aromatic amines is 1. The predicted octanol–water partition coefficient (Wildman–Crippen LogP) is 2.05. The molecule has 2 rings (SSSR count). The summed E-state index contributed by atoms with van der Waals surface area (Å²) in [6.07, 6.45) is 0. The maximum Gasteiger partial charge on any atom is 0.343 e. The first kappa shape index (κ1) is 14.4. The maximum absolute atomic E-state index is 11.4. The number of benzene rings is 1. The largest absolute Gasteiger partial charge is 0.343 e. The van der Waals surface area contributed by atoms with Gasteiger partial charge in [-0.05, 0) is 24.6 Å². The lowest BCUT2D eigenvalue weighted by Gasteiger charge is -2.20.